The van der Waals surface area contributed by atoms with E-state index in [2.05, 4.69) is 15.0 Å². The Labute approximate surface area is 177 Å². The minimum absolute atomic E-state index is 0.161. The summed E-state index contributed by atoms with van der Waals surface area (Å²) in [5, 5.41) is 0. The Bertz CT molecular complexity index is 1350. The number of aryl methyl sites for hydroxylation is 1. The average molecular weight is 410 g/mol. The van der Waals surface area contributed by atoms with Gasteiger partial charge in [-0.2, -0.15) is 0 Å². The van der Waals surface area contributed by atoms with E-state index in [1.54, 1.807) is 47.6 Å². The van der Waals surface area contributed by atoms with Gasteiger partial charge in [0.15, 0.2) is 0 Å². The molecule has 0 saturated carbocycles. The van der Waals surface area contributed by atoms with Crippen molar-refractivity contribution in [2.45, 2.75) is 13.0 Å². The lowest BCUT2D eigenvalue weighted by molar-refractivity contribution is 0.0952. The van der Waals surface area contributed by atoms with Crippen molar-refractivity contribution >= 4 is 17.9 Å². The van der Waals surface area contributed by atoms with Gasteiger partial charge in [-0.15, -0.1) is 0 Å². The highest BCUT2D eigenvalue weighted by Crippen LogP contribution is 2.29. The molecule has 1 aliphatic heterocycles. The molecule has 0 aliphatic carbocycles. The summed E-state index contributed by atoms with van der Waals surface area (Å²) in [5.41, 5.74) is 9.06. The van der Waals surface area contributed by atoms with Crippen LogP contribution in [0.1, 0.15) is 44.0 Å². The average Bonchev–Trinajstić information content (AvgIpc) is 3.41. The molecule has 1 atom stereocenters. The molecule has 3 heterocycles. The van der Waals surface area contributed by atoms with E-state index in [1.807, 2.05) is 42.0 Å². The van der Waals surface area contributed by atoms with Crippen molar-refractivity contribution in [3.8, 4) is 11.4 Å². The highest BCUT2D eigenvalue weighted by Gasteiger charge is 2.31. The number of aromatic nitrogens is 4. The van der Waals surface area contributed by atoms with Crippen LogP contribution in [0.15, 0.2) is 72.2 Å². The van der Waals surface area contributed by atoms with E-state index in [0.29, 0.717) is 22.6 Å². The second kappa shape index (κ2) is 7.17. The van der Waals surface area contributed by atoms with Crippen molar-refractivity contribution < 1.29 is 9.59 Å². The third-order valence-electron chi connectivity index (χ3n) is 5.35. The van der Waals surface area contributed by atoms with E-state index in [-0.39, 0.29) is 5.78 Å². The Morgan fingerprint density at radius 2 is 1.84 bits per heavy atom. The number of aliphatic imine (C=N–C) groups is 1. The van der Waals surface area contributed by atoms with Gasteiger partial charge in [0.05, 0.1) is 6.21 Å². The number of benzene rings is 2. The number of fused-ring (bicyclic) bond motifs is 1. The van der Waals surface area contributed by atoms with Crippen LogP contribution in [0, 0.1) is 6.92 Å². The first kappa shape index (κ1) is 18.7. The van der Waals surface area contributed by atoms with Gasteiger partial charge in [-0.25, -0.2) is 9.97 Å². The molecule has 0 bridgehead atoms. The molecule has 31 heavy (non-hydrogen) atoms. The molecule has 8 heteroatoms. The van der Waals surface area contributed by atoms with Crippen LogP contribution in [-0.2, 0) is 0 Å². The van der Waals surface area contributed by atoms with Crippen LogP contribution in [0.2, 0.25) is 0 Å². The van der Waals surface area contributed by atoms with Crippen molar-refractivity contribution in [3.05, 3.63) is 95.6 Å². The number of ketones is 1. The topological polar surface area (TPSA) is 108 Å². The number of imidazole rings is 2. The molecule has 1 amide bonds. The molecule has 5 rings (SSSR count). The lowest BCUT2D eigenvalue weighted by atomic mass is 9.97. The molecule has 0 radical (unpaired) electrons. The summed E-state index contributed by atoms with van der Waals surface area (Å²) >= 11 is 0. The van der Waals surface area contributed by atoms with E-state index in [0.717, 1.165) is 17.1 Å². The lowest BCUT2D eigenvalue weighted by Crippen LogP contribution is -2.21. The zero-order valence-corrected chi connectivity index (χ0v) is 16.6. The van der Waals surface area contributed by atoms with Crippen molar-refractivity contribution in [1.29, 1.82) is 0 Å². The second-order valence-electron chi connectivity index (χ2n) is 7.24. The highest BCUT2D eigenvalue weighted by molar-refractivity contribution is 6.08. The number of hydrogen-bond acceptors (Lipinski definition) is 5. The van der Waals surface area contributed by atoms with Gasteiger partial charge in [-0.1, -0.05) is 18.2 Å². The van der Waals surface area contributed by atoms with E-state index in [9.17, 15) is 9.59 Å². The maximum atomic E-state index is 13.4. The summed E-state index contributed by atoms with van der Waals surface area (Å²) in [6.45, 7) is 1.93. The maximum absolute atomic E-state index is 13.4. The van der Waals surface area contributed by atoms with E-state index in [1.165, 1.54) is 0 Å². The van der Waals surface area contributed by atoms with Crippen LogP contribution in [-0.4, -0.2) is 37.0 Å². The van der Waals surface area contributed by atoms with Gasteiger partial charge in [0.25, 0.3) is 0 Å². The molecule has 2 aromatic heterocycles. The quantitative estimate of drug-likeness (QED) is 0.558. The number of hydrogen-bond donors (Lipinski definition) is 1. The molecular weight excluding hydrogens is 392 g/mol. The van der Waals surface area contributed by atoms with Gasteiger partial charge in [0.2, 0.25) is 11.7 Å². The molecule has 2 aromatic carbocycles. The lowest BCUT2D eigenvalue weighted by Gasteiger charge is -2.18. The fourth-order valence-electron chi connectivity index (χ4n) is 3.75. The predicted molar refractivity (Wildman–Crippen MR) is 115 cm³/mol. The highest BCUT2D eigenvalue weighted by atomic mass is 16.1. The summed E-state index contributed by atoms with van der Waals surface area (Å²) in [7, 11) is 0. The number of nitrogens with zero attached hydrogens (tertiary/aromatic N) is 5. The Hall–Kier alpha value is -4.33. The number of primary amides is 1. The van der Waals surface area contributed by atoms with Gasteiger partial charge >= 0.3 is 0 Å². The molecule has 1 unspecified atom stereocenters. The fourth-order valence-corrected chi connectivity index (χ4v) is 3.75. The van der Waals surface area contributed by atoms with Gasteiger partial charge in [-0.3, -0.25) is 19.1 Å². The Kier molecular flexibility index (Phi) is 4.32. The molecule has 4 aromatic rings. The first-order chi connectivity index (χ1) is 15.0. The zero-order valence-electron chi connectivity index (χ0n) is 16.6. The standard InChI is InChI=1S/C23H18N6O2/c1-14-25-9-10-28(14)17-7-5-15(6-8-17)20-22(30)21-19(12-26-20)27-13-29(21)18-4-2-3-16(11-18)23(24)31/h2-13,20H,1H3,(H2,24,31). The zero-order chi connectivity index (χ0) is 21.5. The molecule has 1 aliphatic rings. The van der Waals surface area contributed by atoms with Crippen LogP contribution in [0.3, 0.4) is 0 Å². The van der Waals surface area contributed by atoms with Crippen LogP contribution < -0.4 is 5.73 Å². The number of nitrogens with two attached hydrogens (primary N) is 1. The number of Topliss-reactive ketones (excluding diaryl/α,β-unsaturated/α-hetero) is 1. The van der Waals surface area contributed by atoms with Gasteiger partial charge in [0.1, 0.15) is 29.6 Å². The maximum Gasteiger partial charge on any atom is 0.248 e. The SMILES string of the molecule is Cc1nccn1-c1ccc(C2N=Cc3ncn(-c4cccc(C(N)=O)c4)c3C2=O)cc1. The second-order valence-corrected chi connectivity index (χ2v) is 7.24. The molecule has 2 N–H and O–H groups in total. The minimum Gasteiger partial charge on any atom is -0.366 e. The van der Waals surface area contributed by atoms with Gasteiger partial charge < -0.3 is 10.3 Å². The van der Waals surface area contributed by atoms with Gasteiger partial charge in [-0.05, 0) is 42.8 Å². The molecule has 0 spiro atoms. The van der Waals surface area contributed by atoms with Crippen LogP contribution in [0.25, 0.3) is 11.4 Å². The predicted octanol–water partition coefficient (Wildman–Crippen LogP) is 2.82. The number of carbonyl (C=O) groups is 2. The van der Waals surface area contributed by atoms with Crippen molar-refractivity contribution in [1.82, 2.24) is 19.1 Å². The molecule has 0 saturated heterocycles. The van der Waals surface area contributed by atoms with Crippen molar-refractivity contribution in [2.24, 2.45) is 10.7 Å². The van der Waals surface area contributed by atoms with E-state index >= 15 is 0 Å². The summed E-state index contributed by atoms with van der Waals surface area (Å²) in [4.78, 5) is 37.9. The first-order valence-electron chi connectivity index (χ1n) is 9.68. The smallest absolute Gasteiger partial charge is 0.248 e. The summed E-state index contributed by atoms with van der Waals surface area (Å²) < 4.78 is 3.64. The Balaban J connectivity index is 1.50. The first-order valence-corrected chi connectivity index (χ1v) is 9.68. The molecular formula is C23H18N6O2. The number of rotatable bonds is 4. The van der Waals surface area contributed by atoms with Crippen molar-refractivity contribution in [2.75, 3.05) is 0 Å². The van der Waals surface area contributed by atoms with Crippen LogP contribution in [0.5, 0.6) is 0 Å². The van der Waals surface area contributed by atoms with E-state index in [4.69, 9.17) is 5.73 Å². The Morgan fingerprint density at radius 3 is 2.55 bits per heavy atom. The normalized spacial score (nSPS) is 15.1. The number of amides is 1. The molecule has 8 nitrogen and oxygen atoms in total. The summed E-state index contributed by atoms with van der Waals surface area (Å²) in [6, 6.07) is 13.8. The minimum atomic E-state index is -0.666. The fraction of sp³-hybridized carbons (Fsp3) is 0.0870. The third-order valence-corrected chi connectivity index (χ3v) is 5.35. The summed E-state index contributed by atoms with van der Waals surface area (Å²) in [5.74, 6) is 0.187. The van der Waals surface area contributed by atoms with Gasteiger partial charge in [0, 0.05) is 29.3 Å². The molecule has 0 fully saturated rings. The van der Waals surface area contributed by atoms with Crippen LogP contribution in [0.4, 0.5) is 0 Å². The van der Waals surface area contributed by atoms with E-state index < -0.39 is 11.9 Å². The van der Waals surface area contributed by atoms with Crippen molar-refractivity contribution in [3.63, 3.8) is 0 Å². The largest absolute Gasteiger partial charge is 0.366 e. The number of carbonyl (C=O) groups excluding carboxylic acids is 2. The Morgan fingerprint density at radius 1 is 1.03 bits per heavy atom. The van der Waals surface area contributed by atoms with Crippen LogP contribution >= 0.6 is 0 Å². The summed E-state index contributed by atoms with van der Waals surface area (Å²) in [6.07, 6.45) is 6.80. The molecule has 152 valence electrons. The monoisotopic (exact) mass is 410 g/mol. The third kappa shape index (κ3) is 3.14.